The molecule has 0 unspecified atom stereocenters. The number of para-hydroxylation sites is 3. The van der Waals surface area contributed by atoms with Gasteiger partial charge in [-0.3, -0.25) is 5.10 Å². The fraction of sp³-hybridized carbons (Fsp3) is 0. The van der Waals surface area contributed by atoms with Gasteiger partial charge in [-0.05, 0) is 54.1 Å². The van der Waals surface area contributed by atoms with Crippen LogP contribution in [0, 0.1) is 0 Å². The smallest absolute Gasteiger partial charge is 0.159 e. The molecule has 3 N–H and O–H groups in total. The molecular formula is C26H18N4O2. The van der Waals surface area contributed by atoms with Gasteiger partial charge in [0, 0.05) is 17.0 Å². The summed E-state index contributed by atoms with van der Waals surface area (Å²) >= 11 is 0. The van der Waals surface area contributed by atoms with E-state index in [1.54, 1.807) is 12.1 Å². The fourth-order valence-electron chi connectivity index (χ4n) is 3.88. The molecule has 0 fully saturated rings. The Balaban J connectivity index is 1.42. The zero-order valence-electron chi connectivity index (χ0n) is 16.9. The summed E-state index contributed by atoms with van der Waals surface area (Å²) in [5.74, 6) is 2.15. The number of ether oxygens (including phenoxy) is 1. The lowest BCUT2D eigenvalue weighted by Crippen LogP contribution is -1.88. The van der Waals surface area contributed by atoms with E-state index < -0.39 is 0 Å². The minimum absolute atomic E-state index is 0.148. The third-order valence-electron chi connectivity index (χ3n) is 5.42. The summed E-state index contributed by atoms with van der Waals surface area (Å²) in [4.78, 5) is 8.01. The molecule has 6 heteroatoms. The van der Waals surface area contributed by atoms with Gasteiger partial charge in [-0.1, -0.05) is 36.4 Å². The first-order valence-corrected chi connectivity index (χ1v) is 10.2. The van der Waals surface area contributed by atoms with Crippen molar-refractivity contribution in [3.05, 3.63) is 91.0 Å². The van der Waals surface area contributed by atoms with Crippen LogP contribution in [0.4, 0.5) is 0 Å². The number of rotatable bonds is 4. The zero-order valence-corrected chi connectivity index (χ0v) is 16.9. The molecule has 0 saturated carbocycles. The Kier molecular flexibility index (Phi) is 4.14. The highest BCUT2D eigenvalue weighted by Crippen LogP contribution is 2.38. The molecule has 0 aliphatic heterocycles. The predicted octanol–water partition coefficient (Wildman–Crippen LogP) is 6.27. The van der Waals surface area contributed by atoms with Crippen LogP contribution in [0.1, 0.15) is 0 Å². The van der Waals surface area contributed by atoms with Crippen LogP contribution in [0.2, 0.25) is 0 Å². The Bertz CT molecular complexity index is 1530. The highest BCUT2D eigenvalue weighted by atomic mass is 16.5. The molecule has 6 aromatic rings. The number of nitrogens with zero attached hydrogens (tertiary/aromatic N) is 2. The van der Waals surface area contributed by atoms with Gasteiger partial charge in [0.15, 0.2) is 5.82 Å². The number of aromatic hydroxyl groups is 1. The number of phenols is 1. The van der Waals surface area contributed by atoms with E-state index in [1.165, 1.54) is 0 Å². The normalized spacial score (nSPS) is 11.2. The van der Waals surface area contributed by atoms with E-state index in [-0.39, 0.29) is 5.75 Å². The molecule has 4 aromatic carbocycles. The lowest BCUT2D eigenvalue weighted by atomic mass is 10.0. The average molecular weight is 418 g/mol. The molecule has 32 heavy (non-hydrogen) atoms. The molecule has 154 valence electrons. The third-order valence-corrected chi connectivity index (χ3v) is 5.42. The predicted molar refractivity (Wildman–Crippen MR) is 125 cm³/mol. The maximum atomic E-state index is 10.0. The molecule has 0 radical (unpaired) electrons. The molecule has 0 amide bonds. The Morgan fingerprint density at radius 3 is 2.50 bits per heavy atom. The van der Waals surface area contributed by atoms with Gasteiger partial charge in [-0.25, -0.2) is 4.98 Å². The maximum Gasteiger partial charge on any atom is 0.159 e. The Morgan fingerprint density at radius 1 is 0.781 bits per heavy atom. The van der Waals surface area contributed by atoms with Crippen LogP contribution in [-0.4, -0.2) is 25.3 Å². The summed E-state index contributed by atoms with van der Waals surface area (Å²) in [7, 11) is 0. The topological polar surface area (TPSA) is 86.8 Å². The number of H-pyrrole nitrogens is 2. The Labute approximate surface area is 183 Å². The number of phenolic OH excluding ortho intramolecular Hbond substituents is 1. The lowest BCUT2D eigenvalue weighted by molar-refractivity contribution is 0.456. The van der Waals surface area contributed by atoms with Gasteiger partial charge in [0.25, 0.3) is 0 Å². The molecule has 2 aromatic heterocycles. The van der Waals surface area contributed by atoms with Crippen molar-refractivity contribution in [2.45, 2.75) is 0 Å². The average Bonchev–Trinajstić information content (AvgIpc) is 3.43. The number of imidazole rings is 1. The fourth-order valence-corrected chi connectivity index (χ4v) is 3.88. The van der Waals surface area contributed by atoms with Crippen LogP contribution >= 0.6 is 0 Å². The van der Waals surface area contributed by atoms with Crippen molar-refractivity contribution in [2.75, 3.05) is 0 Å². The van der Waals surface area contributed by atoms with Crippen molar-refractivity contribution < 1.29 is 9.84 Å². The van der Waals surface area contributed by atoms with E-state index in [0.717, 1.165) is 44.6 Å². The van der Waals surface area contributed by atoms with E-state index in [2.05, 4.69) is 20.2 Å². The lowest BCUT2D eigenvalue weighted by Gasteiger charge is -2.12. The molecule has 6 nitrogen and oxygen atoms in total. The van der Waals surface area contributed by atoms with Gasteiger partial charge in [0.2, 0.25) is 0 Å². The van der Waals surface area contributed by atoms with Crippen molar-refractivity contribution in [2.24, 2.45) is 0 Å². The monoisotopic (exact) mass is 418 g/mol. The number of aromatic nitrogens is 4. The quantitative estimate of drug-likeness (QED) is 0.315. The van der Waals surface area contributed by atoms with E-state index >= 15 is 0 Å². The van der Waals surface area contributed by atoms with E-state index in [4.69, 9.17) is 4.74 Å². The summed E-state index contributed by atoms with van der Waals surface area (Å²) < 4.78 is 6.06. The van der Waals surface area contributed by atoms with E-state index in [0.29, 0.717) is 11.5 Å². The minimum atomic E-state index is 0.148. The first-order valence-electron chi connectivity index (χ1n) is 10.2. The summed E-state index contributed by atoms with van der Waals surface area (Å²) in [5, 5.41) is 18.6. The van der Waals surface area contributed by atoms with Crippen LogP contribution in [0.25, 0.3) is 44.6 Å². The molecule has 0 spiro atoms. The first kappa shape index (κ1) is 18.2. The summed E-state index contributed by atoms with van der Waals surface area (Å²) in [6.07, 6.45) is 0. The molecule has 0 atom stereocenters. The molecular weight excluding hydrogens is 400 g/mol. The van der Waals surface area contributed by atoms with Crippen LogP contribution in [0.5, 0.6) is 17.2 Å². The third kappa shape index (κ3) is 3.15. The van der Waals surface area contributed by atoms with Crippen LogP contribution in [-0.2, 0) is 0 Å². The number of aromatic amines is 2. The van der Waals surface area contributed by atoms with E-state index in [1.807, 2.05) is 78.9 Å². The van der Waals surface area contributed by atoms with Crippen molar-refractivity contribution in [1.29, 1.82) is 0 Å². The van der Waals surface area contributed by atoms with Gasteiger partial charge in [0.1, 0.15) is 22.9 Å². The first-order chi connectivity index (χ1) is 15.7. The summed E-state index contributed by atoms with van der Waals surface area (Å²) in [5.41, 5.74) is 5.35. The molecule has 0 aliphatic rings. The second-order valence-electron chi connectivity index (χ2n) is 7.53. The van der Waals surface area contributed by atoms with Gasteiger partial charge >= 0.3 is 0 Å². The highest BCUT2D eigenvalue weighted by molar-refractivity contribution is 5.95. The molecule has 0 bridgehead atoms. The zero-order chi connectivity index (χ0) is 21.5. The van der Waals surface area contributed by atoms with Gasteiger partial charge in [-0.2, -0.15) is 5.10 Å². The van der Waals surface area contributed by atoms with Gasteiger partial charge < -0.3 is 14.8 Å². The van der Waals surface area contributed by atoms with Crippen molar-refractivity contribution in [3.63, 3.8) is 0 Å². The van der Waals surface area contributed by atoms with Crippen molar-refractivity contribution >= 4 is 21.9 Å². The van der Waals surface area contributed by atoms with Gasteiger partial charge in [-0.15, -0.1) is 0 Å². The number of benzene rings is 4. The second kappa shape index (κ2) is 7.28. The van der Waals surface area contributed by atoms with Crippen LogP contribution in [0.15, 0.2) is 91.0 Å². The molecule has 0 saturated heterocycles. The molecule has 2 heterocycles. The molecule has 6 rings (SSSR count). The minimum Gasteiger partial charge on any atom is -0.508 e. The second-order valence-corrected chi connectivity index (χ2v) is 7.53. The Hall–Kier alpha value is -4.58. The Morgan fingerprint density at radius 2 is 1.62 bits per heavy atom. The number of hydrogen-bond donors (Lipinski definition) is 3. The van der Waals surface area contributed by atoms with Crippen LogP contribution < -0.4 is 4.74 Å². The largest absolute Gasteiger partial charge is 0.508 e. The summed E-state index contributed by atoms with van der Waals surface area (Å²) in [6.45, 7) is 0. The standard InChI is InChI=1S/C26H18N4O2/c31-17-11-13-19(24(15-17)32-18-6-2-1-3-7-18)16-10-12-20-23(14-16)29-30-25(20)26-27-21-8-4-5-9-22(21)28-26/h1-15,31H,(H,27,28)(H,29,30). The molecule has 0 aliphatic carbocycles. The van der Waals surface area contributed by atoms with Crippen LogP contribution in [0.3, 0.4) is 0 Å². The number of fused-ring (bicyclic) bond motifs is 2. The summed E-state index contributed by atoms with van der Waals surface area (Å²) in [6, 6.07) is 28.6. The maximum absolute atomic E-state index is 10.0. The van der Waals surface area contributed by atoms with E-state index in [9.17, 15) is 5.11 Å². The number of hydrogen-bond acceptors (Lipinski definition) is 4. The van der Waals surface area contributed by atoms with Crippen molar-refractivity contribution in [3.8, 4) is 39.9 Å². The van der Waals surface area contributed by atoms with Gasteiger partial charge in [0.05, 0.1) is 16.6 Å². The highest BCUT2D eigenvalue weighted by Gasteiger charge is 2.15. The SMILES string of the molecule is Oc1ccc(-c2ccc3c(-c4nc5ccccc5[nH]4)n[nH]c3c2)c(Oc2ccccc2)c1. The van der Waals surface area contributed by atoms with Crippen molar-refractivity contribution in [1.82, 2.24) is 20.2 Å². The number of nitrogens with one attached hydrogen (secondary N) is 2.